The Hall–Kier alpha value is -3.17. The number of rotatable bonds is 11. The fourth-order valence-corrected chi connectivity index (χ4v) is 8.81. The minimum absolute atomic E-state index is 0. The van der Waals surface area contributed by atoms with Crippen molar-refractivity contribution in [3.8, 4) is 0 Å². The van der Waals surface area contributed by atoms with E-state index in [0.717, 1.165) is 41.9 Å². The van der Waals surface area contributed by atoms with Gasteiger partial charge in [0.25, 0.3) is 11.8 Å². The fraction of sp³-hybridized carbons (Fsp3) is 0.306. The summed E-state index contributed by atoms with van der Waals surface area (Å²) in [6.45, 7) is 6.55. The van der Waals surface area contributed by atoms with Crippen LogP contribution in [0.1, 0.15) is 134 Å². The number of hydrogen-bond donors (Lipinski definition) is 3. The van der Waals surface area contributed by atoms with E-state index >= 15 is 0 Å². The minimum Gasteiger partial charge on any atom is -0.550 e. The number of hydrogen-bond acceptors (Lipinski definition) is 15. The van der Waals surface area contributed by atoms with E-state index in [-0.39, 0.29) is 119 Å². The number of nitrogens with one attached hydrogen (secondary N) is 2. The molecule has 0 spiro atoms. The van der Waals surface area contributed by atoms with Gasteiger partial charge in [-0.2, -0.15) is 0 Å². The van der Waals surface area contributed by atoms with Crippen LogP contribution in [0, 0.1) is 5.92 Å². The molecule has 0 saturated heterocycles. The molecular weight excluding hydrogens is 827 g/mol. The molecule has 4 heterocycles. The third-order valence-corrected chi connectivity index (χ3v) is 12.3. The predicted octanol–water partition coefficient (Wildman–Crippen LogP) is -2.80. The first-order valence-corrected chi connectivity index (χ1v) is 19.8. The van der Waals surface area contributed by atoms with E-state index < -0.39 is 41.8 Å². The van der Waals surface area contributed by atoms with Crippen molar-refractivity contribution in [2.45, 2.75) is 65.5 Å². The first-order valence-electron chi connectivity index (χ1n) is 16.4. The molecule has 0 radical (unpaired) electrons. The van der Waals surface area contributed by atoms with Gasteiger partial charge < -0.3 is 35.5 Å². The van der Waals surface area contributed by atoms with Gasteiger partial charge in [-0.25, -0.2) is 0 Å². The van der Waals surface area contributed by atoms with Gasteiger partial charge in [0.2, 0.25) is 23.1 Å². The number of amides is 2. The molecule has 0 fully saturated rings. The molecule has 4 aromatic heterocycles. The monoisotopic (exact) mass is 858 g/mol. The van der Waals surface area contributed by atoms with Crippen LogP contribution in [0.15, 0.2) is 35.0 Å². The molecule has 0 saturated carbocycles. The molecule has 6 rings (SSSR count). The Bertz CT molecular complexity index is 1950. The molecule has 3 atom stereocenters. The van der Waals surface area contributed by atoms with Gasteiger partial charge in [0.05, 0.1) is 41.3 Å². The number of fused-ring (bicyclic) bond motifs is 4. The Morgan fingerprint density at radius 2 is 1.07 bits per heavy atom. The molecular formula is C36H32N2Na2O12S4. The second-order valence-corrected chi connectivity index (χ2v) is 15.9. The molecule has 0 aliphatic heterocycles. The van der Waals surface area contributed by atoms with E-state index in [9.17, 15) is 53.4 Å². The summed E-state index contributed by atoms with van der Waals surface area (Å²) >= 11 is 4.16. The molecule has 56 heavy (non-hydrogen) atoms. The summed E-state index contributed by atoms with van der Waals surface area (Å²) in [6.07, 6.45) is 3.52. The van der Waals surface area contributed by atoms with Gasteiger partial charge in [0, 0.05) is 28.2 Å². The van der Waals surface area contributed by atoms with E-state index in [1.807, 2.05) is 6.92 Å². The number of aliphatic carboxylic acids is 3. The maximum absolute atomic E-state index is 12.3. The van der Waals surface area contributed by atoms with Gasteiger partial charge in [0.1, 0.15) is 6.04 Å². The summed E-state index contributed by atoms with van der Waals surface area (Å²) in [4.78, 5) is 106. The van der Waals surface area contributed by atoms with Crippen LogP contribution in [0.25, 0.3) is 0 Å². The van der Waals surface area contributed by atoms with Crippen molar-refractivity contribution in [1.82, 2.24) is 10.6 Å². The van der Waals surface area contributed by atoms with E-state index in [1.54, 1.807) is 22.9 Å². The zero-order valence-corrected chi connectivity index (χ0v) is 38.4. The molecule has 14 nitrogen and oxygen atoms in total. The second kappa shape index (κ2) is 21.5. The first kappa shape index (κ1) is 49.0. The molecule has 4 aromatic rings. The third-order valence-electron chi connectivity index (χ3n) is 8.20. The molecule has 1 unspecified atom stereocenters. The van der Waals surface area contributed by atoms with Gasteiger partial charge in [-0.1, -0.05) is 26.7 Å². The van der Waals surface area contributed by atoms with Crippen molar-refractivity contribution in [3.05, 3.63) is 86.5 Å². The molecule has 3 N–H and O–H groups in total. The fourth-order valence-electron chi connectivity index (χ4n) is 5.09. The topological polar surface area (TPSA) is 244 Å². The number of carbonyl (C=O) groups excluding carboxylic acids is 8. The largest absolute Gasteiger partial charge is 1.00 e. The van der Waals surface area contributed by atoms with Gasteiger partial charge >= 0.3 is 65.1 Å². The zero-order chi connectivity index (χ0) is 40.0. The zero-order valence-electron chi connectivity index (χ0n) is 31.1. The molecule has 0 bridgehead atoms. The van der Waals surface area contributed by atoms with Crippen molar-refractivity contribution in [2.75, 3.05) is 0 Å². The maximum Gasteiger partial charge on any atom is 1.00 e. The molecule has 0 aromatic carbocycles. The van der Waals surface area contributed by atoms with E-state index in [4.69, 9.17) is 5.11 Å². The average molecular weight is 859 g/mol. The molecule has 2 aliphatic carbocycles. The summed E-state index contributed by atoms with van der Waals surface area (Å²) < 4.78 is 0. The van der Waals surface area contributed by atoms with Crippen LogP contribution in [-0.2, 0) is 14.4 Å². The van der Waals surface area contributed by atoms with Gasteiger partial charge in [-0.05, 0) is 67.6 Å². The maximum atomic E-state index is 12.3. The summed E-state index contributed by atoms with van der Waals surface area (Å²) in [5, 5.41) is 37.7. The Labute approximate surface area is 380 Å². The number of carboxylic acids is 3. The average Bonchev–Trinajstić information content (AvgIpc) is 3.96. The van der Waals surface area contributed by atoms with Crippen LogP contribution in [-0.4, -0.2) is 70.0 Å². The summed E-state index contributed by atoms with van der Waals surface area (Å²) in [5.74, 6) is -6.09. The van der Waals surface area contributed by atoms with Crippen molar-refractivity contribution >= 4 is 98.2 Å². The van der Waals surface area contributed by atoms with Gasteiger partial charge in [0.15, 0.2) is 0 Å². The van der Waals surface area contributed by atoms with Crippen LogP contribution in [0.2, 0.25) is 0 Å². The number of unbranched alkanes of at least 4 members (excludes halogenated alkanes) is 1. The SMILES string of the molecule is CCCCC(CC)C(=O)[O-].C[C@H](NC(=O)c1cc2c(s1)C(=O)c1ccsc1C2=O)C(=O)O.C[C@H](NC(=O)c1cc2c(s1)C(=O)c1ccsc1C2=O)C(=O)[O-].[Na+].[Na+]. The normalized spacial score (nSPS) is 13.5. The Kier molecular flexibility index (Phi) is 18.8. The smallest absolute Gasteiger partial charge is 0.550 e. The van der Waals surface area contributed by atoms with E-state index in [2.05, 4.69) is 17.6 Å². The van der Waals surface area contributed by atoms with Crippen LogP contribution in [0.5, 0.6) is 0 Å². The number of thiophene rings is 4. The molecule has 284 valence electrons. The van der Waals surface area contributed by atoms with Crippen molar-refractivity contribution in [2.24, 2.45) is 5.92 Å². The molecule has 2 aliphatic rings. The predicted molar refractivity (Wildman–Crippen MR) is 196 cm³/mol. The minimum atomic E-state index is -1.41. The van der Waals surface area contributed by atoms with Crippen LogP contribution in [0.4, 0.5) is 0 Å². The Morgan fingerprint density at radius 1 is 0.661 bits per heavy atom. The van der Waals surface area contributed by atoms with Crippen molar-refractivity contribution in [3.63, 3.8) is 0 Å². The standard InChI is InChI=1S/2C14H9NO5S2.C8H16O2.2Na/c2*1-5(14(19)20)15-13(18)8-4-7-10(17)11-6(2-3-21-11)9(16)12(7)22-8;1-3-5-6-7(4-2)8(9)10;;/h2*2-5H,1H3,(H,15,18)(H,19,20);7H,3-6H2,1-2H3,(H,9,10);;/q;;;2*+1/p-2/t2*5-;;;/m00.../s1. The van der Waals surface area contributed by atoms with E-state index in [0.29, 0.717) is 27.3 Å². The van der Waals surface area contributed by atoms with Crippen LogP contribution in [0.3, 0.4) is 0 Å². The van der Waals surface area contributed by atoms with Gasteiger partial charge in [-0.15, -0.1) is 45.3 Å². The molecule has 20 heteroatoms. The van der Waals surface area contributed by atoms with E-state index in [1.165, 1.54) is 48.7 Å². The van der Waals surface area contributed by atoms with Gasteiger partial charge in [-0.3, -0.25) is 33.6 Å². The first-order chi connectivity index (χ1) is 25.5. The number of carbonyl (C=O) groups is 9. The summed E-state index contributed by atoms with van der Waals surface area (Å²) in [5.41, 5.74) is 1.10. The number of ketones is 4. The number of carboxylic acid groups (broad SMARTS) is 3. The quantitative estimate of drug-likeness (QED) is 0.112. The Morgan fingerprint density at radius 3 is 1.43 bits per heavy atom. The van der Waals surface area contributed by atoms with Crippen LogP contribution >= 0.6 is 45.3 Å². The second-order valence-electron chi connectivity index (χ2n) is 12.0. The summed E-state index contributed by atoms with van der Waals surface area (Å²) in [6, 6.07) is 3.64. The Balaban J connectivity index is 0.000000305. The molecule has 2 amide bonds. The van der Waals surface area contributed by atoms with Crippen LogP contribution < -0.4 is 80.0 Å². The third kappa shape index (κ3) is 11.1. The van der Waals surface area contributed by atoms with Crippen molar-refractivity contribution < 1.29 is 118 Å². The van der Waals surface area contributed by atoms with Crippen molar-refractivity contribution in [1.29, 1.82) is 0 Å². The summed E-state index contributed by atoms with van der Waals surface area (Å²) in [7, 11) is 0.